The summed E-state index contributed by atoms with van der Waals surface area (Å²) >= 11 is 0. The van der Waals surface area contributed by atoms with Gasteiger partial charge in [0.05, 0.1) is 61.2 Å². The zero-order valence-electron chi connectivity index (χ0n) is 35.0. The zero-order valence-corrected chi connectivity index (χ0v) is 35.0. The van der Waals surface area contributed by atoms with Crippen LogP contribution < -0.4 is 10.1 Å². The third kappa shape index (κ3) is 7.75. The molecule has 2 fully saturated rings. The molecule has 312 valence electrons. The molecule has 0 saturated carbocycles. The van der Waals surface area contributed by atoms with Crippen LogP contribution in [0.25, 0.3) is 44.2 Å². The fourth-order valence-electron chi connectivity index (χ4n) is 9.14. The van der Waals surface area contributed by atoms with Crippen LogP contribution in [0.3, 0.4) is 0 Å². The summed E-state index contributed by atoms with van der Waals surface area (Å²) in [6, 6.07) is 13.7. The van der Waals surface area contributed by atoms with Crippen LogP contribution in [0, 0.1) is 17.8 Å². The van der Waals surface area contributed by atoms with Gasteiger partial charge in [-0.05, 0) is 77.9 Å². The lowest BCUT2D eigenvalue weighted by molar-refractivity contribution is -0.136. The lowest BCUT2D eigenvalue weighted by Gasteiger charge is -2.30. The largest absolute Gasteiger partial charge is 0.488 e. The molecule has 3 aliphatic rings. The van der Waals surface area contributed by atoms with Crippen molar-refractivity contribution in [2.45, 2.75) is 84.2 Å². The molecule has 2 aromatic heterocycles. The Labute approximate surface area is 344 Å². The first-order valence-electron chi connectivity index (χ1n) is 20.7. The normalized spacial score (nSPS) is 21.5. The number of amides is 3. The van der Waals surface area contributed by atoms with Gasteiger partial charge >= 0.3 is 6.09 Å². The lowest BCUT2D eigenvalue weighted by atomic mass is 9.92. The van der Waals surface area contributed by atoms with E-state index in [4.69, 9.17) is 28.9 Å². The van der Waals surface area contributed by atoms with Gasteiger partial charge < -0.3 is 44.0 Å². The fraction of sp³-hybridized carbons (Fsp3) is 0.489. The van der Waals surface area contributed by atoms with Crippen LogP contribution in [0.4, 0.5) is 4.79 Å². The van der Waals surface area contributed by atoms with Crippen molar-refractivity contribution in [1.82, 2.24) is 35.1 Å². The number of ether oxygens (including phenoxy) is 4. The number of likely N-dealkylation sites (tertiary alicyclic amines) is 2. The molecule has 5 heterocycles. The molecule has 8 rings (SSSR count). The van der Waals surface area contributed by atoms with Gasteiger partial charge in [-0.2, -0.15) is 0 Å². The second kappa shape index (κ2) is 16.6. The van der Waals surface area contributed by atoms with Gasteiger partial charge in [0.15, 0.2) is 0 Å². The van der Waals surface area contributed by atoms with Crippen LogP contribution in [0.2, 0.25) is 0 Å². The highest BCUT2D eigenvalue weighted by Gasteiger charge is 2.41. The average Bonchev–Trinajstić information content (AvgIpc) is 4.07. The summed E-state index contributed by atoms with van der Waals surface area (Å²) in [4.78, 5) is 60.4. The summed E-state index contributed by atoms with van der Waals surface area (Å²) in [6.07, 6.45) is 3.61. The van der Waals surface area contributed by atoms with Gasteiger partial charge in [0.1, 0.15) is 30.0 Å². The van der Waals surface area contributed by atoms with Gasteiger partial charge in [0, 0.05) is 44.2 Å². The Bertz CT molecular complexity index is 2370. The minimum Gasteiger partial charge on any atom is -0.488 e. The molecule has 59 heavy (non-hydrogen) atoms. The van der Waals surface area contributed by atoms with Crippen molar-refractivity contribution in [3.8, 4) is 28.1 Å². The number of carbonyl (C=O) groups is 3. The second-order valence-corrected chi connectivity index (χ2v) is 16.7. The SMILES string of the molecule is CC[C@H](C)C(NC(=O)OC)C(=O)N1C[C@@H](C)C[C@H]1c1ncc(-c2ccc3c(c2)COc2cc4c(ccc5[nH]c([C@@H]6CC(COC)CN6C(=O)C[C@@H](C)OC)nc54)cc2-3)[nH]1. The molecular weight excluding hydrogens is 751 g/mol. The minimum absolute atomic E-state index is 0.0501. The first kappa shape index (κ1) is 40.3. The summed E-state index contributed by atoms with van der Waals surface area (Å²) in [5.41, 5.74) is 6.76. The van der Waals surface area contributed by atoms with Crippen LogP contribution in [-0.2, 0) is 30.4 Å². The number of aromatic nitrogens is 4. The summed E-state index contributed by atoms with van der Waals surface area (Å²) in [5, 5.41) is 4.80. The van der Waals surface area contributed by atoms with Gasteiger partial charge in [-0.15, -0.1) is 0 Å². The number of alkyl carbamates (subject to hydrolysis) is 1. The van der Waals surface area contributed by atoms with E-state index in [9.17, 15) is 14.4 Å². The lowest BCUT2D eigenvalue weighted by Crippen LogP contribution is -2.51. The van der Waals surface area contributed by atoms with Gasteiger partial charge in [-0.1, -0.05) is 45.4 Å². The average molecular weight is 806 g/mol. The van der Waals surface area contributed by atoms with Crippen molar-refractivity contribution in [3.05, 3.63) is 65.9 Å². The van der Waals surface area contributed by atoms with Gasteiger partial charge in [0.2, 0.25) is 11.8 Å². The Balaban J connectivity index is 1.05. The van der Waals surface area contributed by atoms with E-state index in [1.165, 1.54) is 7.11 Å². The Morgan fingerprint density at radius 3 is 2.54 bits per heavy atom. The van der Waals surface area contributed by atoms with Crippen LogP contribution in [0.15, 0.2) is 48.7 Å². The highest BCUT2D eigenvalue weighted by atomic mass is 16.5. The van der Waals surface area contributed by atoms with Crippen LogP contribution >= 0.6 is 0 Å². The van der Waals surface area contributed by atoms with Crippen molar-refractivity contribution >= 4 is 39.7 Å². The maximum atomic E-state index is 13.9. The fourth-order valence-corrected chi connectivity index (χ4v) is 9.14. The Morgan fingerprint density at radius 1 is 0.966 bits per heavy atom. The number of nitrogens with zero attached hydrogens (tertiary/aromatic N) is 4. The Kier molecular flexibility index (Phi) is 11.4. The van der Waals surface area contributed by atoms with E-state index in [0.717, 1.165) is 86.4 Å². The Morgan fingerprint density at radius 2 is 1.78 bits per heavy atom. The van der Waals surface area contributed by atoms with Crippen molar-refractivity contribution in [2.75, 3.05) is 41.0 Å². The number of nitrogens with one attached hydrogen (secondary N) is 3. The van der Waals surface area contributed by atoms with E-state index in [2.05, 4.69) is 64.7 Å². The van der Waals surface area contributed by atoms with Gasteiger partial charge in [-0.25, -0.2) is 14.8 Å². The van der Waals surface area contributed by atoms with Gasteiger partial charge in [0.25, 0.3) is 0 Å². The van der Waals surface area contributed by atoms with E-state index < -0.39 is 12.1 Å². The summed E-state index contributed by atoms with van der Waals surface area (Å²) in [5.74, 6) is 2.64. The number of carbonyl (C=O) groups excluding carboxylic acids is 3. The molecular formula is C45H55N7O7. The number of imidazole rings is 2. The number of hydrogen-bond donors (Lipinski definition) is 3. The zero-order chi connectivity index (χ0) is 41.5. The van der Waals surface area contributed by atoms with Crippen molar-refractivity contribution in [2.24, 2.45) is 17.8 Å². The predicted octanol–water partition coefficient (Wildman–Crippen LogP) is 7.31. The van der Waals surface area contributed by atoms with Crippen molar-refractivity contribution < 1.29 is 33.3 Å². The van der Waals surface area contributed by atoms with Crippen LogP contribution in [0.5, 0.6) is 5.75 Å². The van der Waals surface area contributed by atoms with Crippen molar-refractivity contribution in [3.63, 3.8) is 0 Å². The molecule has 0 spiro atoms. The maximum absolute atomic E-state index is 13.9. The van der Waals surface area contributed by atoms with E-state index >= 15 is 0 Å². The molecule has 3 aromatic carbocycles. The minimum atomic E-state index is -0.692. The monoisotopic (exact) mass is 805 g/mol. The summed E-state index contributed by atoms with van der Waals surface area (Å²) in [6.45, 7) is 10.2. The van der Waals surface area contributed by atoms with E-state index in [1.807, 2.05) is 36.8 Å². The van der Waals surface area contributed by atoms with Crippen LogP contribution in [-0.4, -0.2) is 101 Å². The maximum Gasteiger partial charge on any atom is 0.407 e. The molecule has 3 aliphatic heterocycles. The molecule has 0 radical (unpaired) electrons. The number of fused-ring (bicyclic) bond motifs is 6. The number of hydrogen-bond acceptors (Lipinski definition) is 9. The molecule has 0 aliphatic carbocycles. The third-order valence-electron chi connectivity index (χ3n) is 12.6. The number of H-pyrrole nitrogens is 2. The number of aromatic amines is 2. The smallest absolute Gasteiger partial charge is 0.407 e. The predicted molar refractivity (Wildman–Crippen MR) is 223 cm³/mol. The molecule has 0 bridgehead atoms. The third-order valence-corrected chi connectivity index (χ3v) is 12.6. The standard InChI is InChI=1S/C45H55N7O7/c1-8-25(3)40(50-45(55)58-7)44(54)52-20-24(2)13-36(52)42-46-19-35(48-42)29-9-11-31-30(16-29)23-59-38-18-32-28(17-33(31)38)10-12-34-41(32)49-43(47-34)37-15-27(22-56-5)21-51(37)39(53)14-26(4)57-6/h9-12,16-19,24-27,36-37,40H,8,13-15,20-23H2,1-7H3,(H,46,48)(H,47,49)(H,50,55)/t24-,25-,26+,27?,36-,37-,40?/m0/s1. The molecule has 14 nitrogen and oxygen atoms in total. The Hall–Kier alpha value is -5.47. The topological polar surface area (TPSA) is 164 Å². The van der Waals surface area contributed by atoms with E-state index in [0.29, 0.717) is 32.7 Å². The molecule has 14 heteroatoms. The van der Waals surface area contributed by atoms with Gasteiger partial charge in [-0.3, -0.25) is 9.59 Å². The highest BCUT2D eigenvalue weighted by Crippen LogP contribution is 2.44. The number of methoxy groups -OCH3 is 3. The highest BCUT2D eigenvalue weighted by molar-refractivity contribution is 6.07. The number of rotatable bonds is 12. The molecule has 5 aromatic rings. The van der Waals surface area contributed by atoms with Crippen molar-refractivity contribution in [1.29, 1.82) is 0 Å². The first-order valence-corrected chi connectivity index (χ1v) is 20.7. The quantitative estimate of drug-likeness (QED) is 0.117. The van der Waals surface area contributed by atoms with Crippen LogP contribution in [0.1, 0.15) is 82.7 Å². The summed E-state index contributed by atoms with van der Waals surface area (Å²) in [7, 11) is 4.63. The summed E-state index contributed by atoms with van der Waals surface area (Å²) < 4.78 is 22.2. The molecule has 7 atom stereocenters. The van der Waals surface area contributed by atoms with E-state index in [1.54, 1.807) is 14.2 Å². The molecule has 2 unspecified atom stereocenters. The first-order chi connectivity index (χ1) is 28.5. The number of benzene rings is 3. The molecule has 3 amide bonds. The van der Waals surface area contributed by atoms with E-state index in [-0.39, 0.29) is 47.8 Å². The molecule has 3 N–H and O–H groups in total. The molecule has 2 saturated heterocycles. The second-order valence-electron chi connectivity index (χ2n) is 16.7.